The smallest absolute Gasteiger partial charge is 0.0714 e. The number of rotatable bonds is 7. The molecule has 1 aliphatic carbocycles. The second kappa shape index (κ2) is 17.2. The fourth-order valence-corrected chi connectivity index (χ4v) is 11.9. The Labute approximate surface area is 415 Å². The van der Waals surface area contributed by atoms with Gasteiger partial charge < -0.3 is 9.47 Å². The summed E-state index contributed by atoms with van der Waals surface area (Å²) in [6.45, 7) is 4.00. The predicted molar refractivity (Wildman–Crippen MR) is 302 cm³/mol. The van der Waals surface area contributed by atoms with Gasteiger partial charge in [-0.3, -0.25) is 0 Å². The van der Waals surface area contributed by atoms with Crippen molar-refractivity contribution in [3.05, 3.63) is 289 Å². The van der Waals surface area contributed by atoms with Crippen LogP contribution in [0.25, 0.3) is 82.1 Å². The van der Waals surface area contributed by atoms with Gasteiger partial charge in [-0.25, -0.2) is 0 Å². The van der Waals surface area contributed by atoms with Crippen molar-refractivity contribution in [3.8, 4) is 27.9 Å². The Morgan fingerprint density at radius 3 is 1.48 bits per heavy atom. The topological polar surface area (TPSA) is 8.17 Å². The lowest BCUT2D eigenvalue weighted by molar-refractivity contribution is 0.767. The van der Waals surface area contributed by atoms with E-state index >= 15 is 0 Å². The summed E-state index contributed by atoms with van der Waals surface area (Å²) in [7, 11) is 0. The molecule has 0 fully saturated rings. The number of para-hydroxylation sites is 1. The molecule has 1 aliphatic rings. The first kappa shape index (κ1) is 42.1. The van der Waals surface area contributed by atoms with E-state index < -0.39 is 5.41 Å². The van der Waals surface area contributed by atoms with E-state index in [-0.39, 0.29) is 0 Å². The zero-order valence-electron chi connectivity index (χ0n) is 39.8. The maximum Gasteiger partial charge on any atom is 0.0714 e. The molecule has 2 heteroatoms. The van der Waals surface area contributed by atoms with Gasteiger partial charge in [0.25, 0.3) is 0 Å². The summed E-state index contributed by atoms with van der Waals surface area (Å²) >= 11 is 0. The first-order chi connectivity index (χ1) is 35.3. The minimum atomic E-state index is -0.486. The van der Waals surface area contributed by atoms with E-state index in [9.17, 15) is 0 Å². The van der Waals surface area contributed by atoms with Gasteiger partial charge in [0.2, 0.25) is 0 Å². The van der Waals surface area contributed by atoms with Crippen LogP contribution < -0.4 is 4.90 Å². The Hall–Kier alpha value is -8.98. The van der Waals surface area contributed by atoms with Crippen molar-refractivity contribution in [1.29, 1.82) is 0 Å². The highest BCUT2D eigenvalue weighted by atomic mass is 15.1. The third kappa shape index (κ3) is 6.49. The van der Waals surface area contributed by atoms with Gasteiger partial charge in [-0.05, 0) is 109 Å². The Bertz CT molecular complexity index is 4020. The molecule has 1 aromatic heterocycles. The maximum atomic E-state index is 2.48. The number of anilines is 3. The molecule has 71 heavy (non-hydrogen) atoms. The molecule has 336 valence electrons. The summed E-state index contributed by atoms with van der Waals surface area (Å²) in [4.78, 5) is 2.48. The molecule has 0 bridgehead atoms. The summed E-state index contributed by atoms with van der Waals surface area (Å²) in [6.07, 6.45) is 0. The summed E-state index contributed by atoms with van der Waals surface area (Å²) in [5.41, 5.74) is 16.6. The van der Waals surface area contributed by atoms with E-state index in [2.05, 4.69) is 276 Å². The molecular formula is C69H50N2. The fraction of sp³-hybridized carbons (Fsp3) is 0.0435. The average Bonchev–Trinajstić information content (AvgIpc) is 3.94. The summed E-state index contributed by atoms with van der Waals surface area (Å²) in [6, 6.07) is 98.7. The SMILES string of the molecule is CC.c1ccc(C2(c3ccccc3)c3ccccc3-c3ccc(-n4c5ccccc5c5cc(-c6ccc(N(c7cccc8ccccc78)c7cccc8ccccc78)c7ccccc67)ccc54)cc32)cc1. The molecular weight excluding hydrogens is 857 g/mol. The normalized spacial score (nSPS) is 12.5. The number of hydrogen-bond donors (Lipinski definition) is 0. The Balaban J connectivity index is 0.00000243. The van der Waals surface area contributed by atoms with Crippen molar-refractivity contribution < 1.29 is 0 Å². The third-order valence-electron chi connectivity index (χ3n) is 14.8. The average molecular weight is 907 g/mol. The van der Waals surface area contributed by atoms with Crippen LogP contribution in [-0.4, -0.2) is 4.57 Å². The van der Waals surface area contributed by atoms with E-state index in [0.717, 1.165) is 22.7 Å². The maximum absolute atomic E-state index is 2.48. The minimum Gasteiger partial charge on any atom is -0.309 e. The number of nitrogens with zero attached hydrogens (tertiary/aromatic N) is 2. The van der Waals surface area contributed by atoms with Crippen LogP contribution in [0.5, 0.6) is 0 Å². The lowest BCUT2D eigenvalue weighted by atomic mass is 9.67. The first-order valence-corrected chi connectivity index (χ1v) is 24.9. The number of aromatic nitrogens is 1. The van der Waals surface area contributed by atoms with Gasteiger partial charge in [0.05, 0.1) is 33.5 Å². The van der Waals surface area contributed by atoms with Crippen molar-refractivity contribution in [1.82, 2.24) is 4.57 Å². The molecule has 12 aromatic carbocycles. The summed E-state index contributed by atoms with van der Waals surface area (Å²) < 4.78 is 2.48. The Morgan fingerprint density at radius 2 is 0.803 bits per heavy atom. The van der Waals surface area contributed by atoms with Crippen molar-refractivity contribution in [2.24, 2.45) is 0 Å². The molecule has 0 N–H and O–H groups in total. The van der Waals surface area contributed by atoms with Gasteiger partial charge in [-0.1, -0.05) is 232 Å². The molecule has 0 atom stereocenters. The van der Waals surface area contributed by atoms with Crippen LogP contribution in [-0.2, 0) is 5.41 Å². The second-order valence-electron chi connectivity index (χ2n) is 18.4. The second-order valence-corrected chi connectivity index (χ2v) is 18.4. The number of benzene rings is 12. The van der Waals surface area contributed by atoms with Gasteiger partial charge in [-0.15, -0.1) is 0 Å². The largest absolute Gasteiger partial charge is 0.309 e. The van der Waals surface area contributed by atoms with Gasteiger partial charge in [0.1, 0.15) is 0 Å². The predicted octanol–water partition coefficient (Wildman–Crippen LogP) is 18.8. The van der Waals surface area contributed by atoms with Gasteiger partial charge >= 0.3 is 0 Å². The lowest BCUT2D eigenvalue weighted by Gasteiger charge is -2.34. The van der Waals surface area contributed by atoms with Gasteiger partial charge in [0, 0.05) is 32.6 Å². The van der Waals surface area contributed by atoms with Crippen LogP contribution >= 0.6 is 0 Å². The molecule has 0 saturated carbocycles. The minimum absolute atomic E-state index is 0.486. The summed E-state index contributed by atoms with van der Waals surface area (Å²) in [5, 5.41) is 9.71. The van der Waals surface area contributed by atoms with E-state index in [0.29, 0.717) is 0 Å². The number of fused-ring (bicyclic) bond motifs is 9. The van der Waals surface area contributed by atoms with E-state index in [1.54, 1.807) is 0 Å². The monoisotopic (exact) mass is 906 g/mol. The zero-order chi connectivity index (χ0) is 47.5. The van der Waals surface area contributed by atoms with E-state index in [4.69, 9.17) is 0 Å². The van der Waals surface area contributed by atoms with Crippen molar-refractivity contribution in [3.63, 3.8) is 0 Å². The highest BCUT2D eigenvalue weighted by molar-refractivity contribution is 6.14. The van der Waals surface area contributed by atoms with Crippen LogP contribution in [0, 0.1) is 0 Å². The van der Waals surface area contributed by atoms with Gasteiger partial charge in [0.15, 0.2) is 0 Å². The standard InChI is InChI=1S/C67H44N2.C2H6/c1-3-23-48(24-4-1)67(49-25-5-2-6-26-49)60-33-15-13-30-55(60)56-39-38-50(44-61(56)67)68-64-34-16-14-32-58(64)59-43-47(37-41-66(59)68)51-40-42-65(57-31-12-11-29-54(51)57)69(62-35-17-21-45-19-7-9-27-52(45)62)63-36-18-22-46-20-8-10-28-53(46)63;1-2/h1-44H;1-2H3. The Kier molecular flexibility index (Phi) is 10.2. The van der Waals surface area contributed by atoms with Crippen LogP contribution in [0.3, 0.4) is 0 Å². The molecule has 0 amide bonds. The van der Waals surface area contributed by atoms with Crippen LogP contribution in [0.2, 0.25) is 0 Å². The Morgan fingerprint density at radius 1 is 0.310 bits per heavy atom. The van der Waals surface area contributed by atoms with Crippen LogP contribution in [0.15, 0.2) is 267 Å². The fourth-order valence-electron chi connectivity index (χ4n) is 11.9. The number of hydrogen-bond acceptors (Lipinski definition) is 1. The van der Waals surface area contributed by atoms with E-state index in [1.807, 2.05) is 13.8 Å². The highest BCUT2D eigenvalue weighted by Gasteiger charge is 2.46. The molecule has 0 unspecified atom stereocenters. The lowest BCUT2D eigenvalue weighted by Crippen LogP contribution is -2.28. The van der Waals surface area contributed by atoms with E-state index in [1.165, 1.54) is 98.6 Å². The molecule has 0 spiro atoms. The van der Waals surface area contributed by atoms with Gasteiger partial charge in [-0.2, -0.15) is 0 Å². The summed E-state index contributed by atoms with van der Waals surface area (Å²) in [5.74, 6) is 0. The van der Waals surface area contributed by atoms with Crippen molar-refractivity contribution in [2.75, 3.05) is 4.90 Å². The molecule has 0 saturated heterocycles. The van der Waals surface area contributed by atoms with Crippen LogP contribution in [0.1, 0.15) is 36.1 Å². The van der Waals surface area contributed by atoms with Crippen molar-refractivity contribution in [2.45, 2.75) is 19.3 Å². The molecule has 2 nitrogen and oxygen atoms in total. The zero-order valence-corrected chi connectivity index (χ0v) is 39.8. The first-order valence-electron chi connectivity index (χ1n) is 24.9. The quantitative estimate of drug-likeness (QED) is 0.155. The third-order valence-corrected chi connectivity index (χ3v) is 14.8. The highest BCUT2D eigenvalue weighted by Crippen LogP contribution is 2.57. The molecule has 14 rings (SSSR count). The molecule has 0 aliphatic heterocycles. The molecule has 13 aromatic rings. The van der Waals surface area contributed by atoms with Crippen molar-refractivity contribution >= 4 is 71.2 Å². The molecule has 1 heterocycles. The van der Waals surface area contributed by atoms with Crippen LogP contribution in [0.4, 0.5) is 17.1 Å². The molecule has 0 radical (unpaired) electrons.